The highest BCUT2D eigenvalue weighted by atomic mass is 35.5. The Kier molecular flexibility index (Phi) is 6.82. The molecular formula is C21H26ClN3O3S. The van der Waals surface area contributed by atoms with Crippen LogP contribution in [0.25, 0.3) is 0 Å². The summed E-state index contributed by atoms with van der Waals surface area (Å²) in [5.74, 6) is -0.365. The van der Waals surface area contributed by atoms with Crippen molar-refractivity contribution in [3.63, 3.8) is 0 Å². The molecule has 2 N–H and O–H groups in total. The van der Waals surface area contributed by atoms with E-state index in [1.807, 2.05) is 13.8 Å². The number of carbonyl (C=O) groups excluding carboxylic acids is 1. The second kappa shape index (κ2) is 9.15. The number of carbonyl (C=O) groups is 1. The van der Waals surface area contributed by atoms with Crippen molar-refractivity contribution in [2.24, 2.45) is 0 Å². The average molecular weight is 436 g/mol. The molecule has 0 radical (unpaired) electrons. The number of benzene rings is 2. The van der Waals surface area contributed by atoms with Crippen LogP contribution in [-0.4, -0.2) is 34.0 Å². The third kappa shape index (κ3) is 5.10. The molecule has 1 fully saturated rings. The molecule has 29 heavy (non-hydrogen) atoms. The number of amides is 1. The number of hydrogen-bond acceptors (Lipinski definition) is 4. The van der Waals surface area contributed by atoms with E-state index in [1.54, 1.807) is 30.3 Å². The fourth-order valence-electron chi connectivity index (χ4n) is 3.37. The van der Waals surface area contributed by atoms with Gasteiger partial charge in [0.1, 0.15) is 4.90 Å². The molecule has 1 amide bonds. The molecule has 0 spiro atoms. The Labute approximate surface area is 177 Å². The summed E-state index contributed by atoms with van der Waals surface area (Å²) >= 11 is 5.97. The van der Waals surface area contributed by atoms with E-state index in [2.05, 4.69) is 14.9 Å². The lowest BCUT2D eigenvalue weighted by atomic mass is 10.1. The highest BCUT2D eigenvalue weighted by molar-refractivity contribution is 7.89. The number of nitrogens with zero attached hydrogens (tertiary/aromatic N) is 1. The van der Waals surface area contributed by atoms with Crippen molar-refractivity contribution in [1.82, 2.24) is 4.72 Å². The lowest BCUT2D eigenvalue weighted by Gasteiger charge is -2.22. The van der Waals surface area contributed by atoms with Gasteiger partial charge < -0.3 is 10.2 Å². The Morgan fingerprint density at radius 1 is 1.14 bits per heavy atom. The normalized spacial score (nSPS) is 14.2. The molecule has 1 aliphatic rings. The van der Waals surface area contributed by atoms with E-state index < -0.39 is 10.0 Å². The van der Waals surface area contributed by atoms with Gasteiger partial charge in [0.25, 0.3) is 5.91 Å². The first-order valence-corrected chi connectivity index (χ1v) is 11.6. The molecule has 0 unspecified atom stereocenters. The van der Waals surface area contributed by atoms with Crippen LogP contribution in [-0.2, 0) is 10.0 Å². The molecule has 1 saturated heterocycles. The minimum absolute atomic E-state index is 0.147. The fourth-order valence-corrected chi connectivity index (χ4v) is 4.98. The largest absolute Gasteiger partial charge is 0.370 e. The van der Waals surface area contributed by atoms with Gasteiger partial charge in [0.2, 0.25) is 10.0 Å². The highest BCUT2D eigenvalue weighted by Gasteiger charge is 2.25. The number of halogens is 1. The summed E-state index contributed by atoms with van der Waals surface area (Å²) in [6.07, 6.45) is 2.74. The second-order valence-electron chi connectivity index (χ2n) is 7.19. The van der Waals surface area contributed by atoms with Crippen LogP contribution in [0.4, 0.5) is 11.4 Å². The van der Waals surface area contributed by atoms with Crippen molar-refractivity contribution in [2.75, 3.05) is 29.9 Å². The van der Waals surface area contributed by atoms with Gasteiger partial charge in [-0.1, -0.05) is 18.5 Å². The number of aryl methyl sites for hydroxylation is 1. The molecule has 156 valence electrons. The Morgan fingerprint density at radius 2 is 1.86 bits per heavy atom. The third-order valence-corrected chi connectivity index (χ3v) is 6.66. The SMILES string of the molecule is CCCNS(=O)(=O)c1cc(C(=O)Nc2ccc(Cl)cc2C)ccc1N1CCCC1. The Morgan fingerprint density at radius 3 is 2.52 bits per heavy atom. The Bertz CT molecular complexity index is 1000. The van der Waals surface area contributed by atoms with Gasteiger partial charge in [-0.15, -0.1) is 0 Å². The minimum atomic E-state index is -3.72. The fraction of sp³-hybridized carbons (Fsp3) is 0.381. The van der Waals surface area contributed by atoms with Crippen molar-refractivity contribution in [3.05, 3.63) is 52.5 Å². The van der Waals surface area contributed by atoms with E-state index in [9.17, 15) is 13.2 Å². The van der Waals surface area contributed by atoms with Gasteiger partial charge >= 0.3 is 0 Å². The molecule has 6 nitrogen and oxygen atoms in total. The molecule has 0 atom stereocenters. The average Bonchev–Trinajstić information content (AvgIpc) is 3.22. The number of rotatable bonds is 7. The maximum atomic E-state index is 12.9. The number of sulfonamides is 1. The summed E-state index contributed by atoms with van der Waals surface area (Å²) in [5.41, 5.74) is 2.40. The zero-order valence-corrected chi connectivity index (χ0v) is 18.2. The first kappa shape index (κ1) is 21.6. The Balaban J connectivity index is 1.95. The van der Waals surface area contributed by atoms with Crippen LogP contribution in [0.5, 0.6) is 0 Å². The van der Waals surface area contributed by atoms with E-state index >= 15 is 0 Å². The highest BCUT2D eigenvalue weighted by Crippen LogP contribution is 2.30. The maximum absolute atomic E-state index is 12.9. The zero-order chi connectivity index (χ0) is 21.0. The van der Waals surface area contributed by atoms with Gasteiger partial charge in [-0.3, -0.25) is 4.79 Å². The molecule has 8 heteroatoms. The molecule has 2 aromatic rings. The summed E-state index contributed by atoms with van der Waals surface area (Å²) < 4.78 is 28.4. The third-order valence-electron chi connectivity index (χ3n) is 4.94. The van der Waals surface area contributed by atoms with Gasteiger partial charge in [-0.2, -0.15) is 0 Å². The van der Waals surface area contributed by atoms with Gasteiger partial charge in [0.15, 0.2) is 0 Å². The van der Waals surface area contributed by atoms with Crippen molar-refractivity contribution >= 4 is 38.9 Å². The van der Waals surface area contributed by atoms with Crippen LogP contribution < -0.4 is 14.9 Å². The summed E-state index contributed by atoms with van der Waals surface area (Å²) in [6.45, 7) is 5.73. The summed E-state index contributed by atoms with van der Waals surface area (Å²) in [4.78, 5) is 15.0. The zero-order valence-electron chi connectivity index (χ0n) is 16.7. The molecule has 1 heterocycles. The lowest BCUT2D eigenvalue weighted by molar-refractivity contribution is 0.102. The summed E-state index contributed by atoms with van der Waals surface area (Å²) in [7, 11) is -3.72. The van der Waals surface area contributed by atoms with Gasteiger partial charge in [0, 0.05) is 35.9 Å². The molecule has 1 aliphatic heterocycles. The first-order chi connectivity index (χ1) is 13.8. The number of hydrogen-bond donors (Lipinski definition) is 2. The van der Waals surface area contributed by atoms with Gasteiger partial charge in [-0.25, -0.2) is 13.1 Å². The number of nitrogens with one attached hydrogen (secondary N) is 2. The van der Waals surface area contributed by atoms with E-state index in [4.69, 9.17) is 11.6 Å². The van der Waals surface area contributed by atoms with Gasteiger partial charge in [0.05, 0.1) is 5.69 Å². The molecule has 2 aromatic carbocycles. The standard InChI is InChI=1S/C21H26ClN3O3S/c1-3-10-23-29(27,28)20-14-16(6-9-19(20)25-11-4-5-12-25)21(26)24-18-8-7-17(22)13-15(18)2/h6-9,13-14,23H,3-5,10-12H2,1-2H3,(H,24,26). The van der Waals surface area contributed by atoms with Crippen molar-refractivity contribution in [1.29, 1.82) is 0 Å². The minimum Gasteiger partial charge on any atom is -0.370 e. The summed E-state index contributed by atoms with van der Waals surface area (Å²) in [5, 5.41) is 3.43. The van der Waals surface area contributed by atoms with Crippen LogP contribution in [0.15, 0.2) is 41.3 Å². The van der Waals surface area contributed by atoms with Crippen LogP contribution in [0, 0.1) is 6.92 Å². The van der Waals surface area contributed by atoms with Crippen LogP contribution >= 0.6 is 11.6 Å². The predicted molar refractivity (Wildman–Crippen MR) is 118 cm³/mol. The second-order valence-corrected chi connectivity index (χ2v) is 9.36. The molecule has 0 aliphatic carbocycles. The van der Waals surface area contributed by atoms with Crippen molar-refractivity contribution in [2.45, 2.75) is 38.0 Å². The summed E-state index contributed by atoms with van der Waals surface area (Å²) in [6, 6.07) is 10.1. The molecule has 3 rings (SSSR count). The first-order valence-electron chi connectivity index (χ1n) is 9.78. The lowest BCUT2D eigenvalue weighted by Crippen LogP contribution is -2.28. The smallest absolute Gasteiger partial charge is 0.255 e. The van der Waals surface area contributed by atoms with Crippen LogP contribution in [0.3, 0.4) is 0 Å². The van der Waals surface area contributed by atoms with Crippen molar-refractivity contribution in [3.8, 4) is 0 Å². The monoisotopic (exact) mass is 435 g/mol. The van der Waals surface area contributed by atoms with E-state index in [0.29, 0.717) is 34.9 Å². The topological polar surface area (TPSA) is 78.5 Å². The quantitative estimate of drug-likeness (QED) is 0.683. The van der Waals surface area contributed by atoms with Gasteiger partial charge in [-0.05, 0) is 68.1 Å². The van der Waals surface area contributed by atoms with E-state index in [0.717, 1.165) is 31.5 Å². The van der Waals surface area contributed by atoms with Crippen LogP contribution in [0.1, 0.15) is 42.1 Å². The van der Waals surface area contributed by atoms with Crippen LogP contribution in [0.2, 0.25) is 5.02 Å². The van der Waals surface area contributed by atoms with E-state index in [-0.39, 0.29) is 10.8 Å². The van der Waals surface area contributed by atoms with E-state index in [1.165, 1.54) is 6.07 Å². The molecule has 0 bridgehead atoms. The van der Waals surface area contributed by atoms with Crippen molar-refractivity contribution < 1.29 is 13.2 Å². The predicted octanol–water partition coefficient (Wildman–Crippen LogP) is 4.19. The number of anilines is 2. The molecule has 0 saturated carbocycles. The molecule has 0 aromatic heterocycles. The molecular weight excluding hydrogens is 410 g/mol. The Hall–Kier alpha value is -2.09. The maximum Gasteiger partial charge on any atom is 0.255 e.